The maximum absolute atomic E-state index is 5.88. The van der Waals surface area contributed by atoms with E-state index in [-0.39, 0.29) is 6.10 Å². The number of pyridine rings is 1. The Hall–Kier alpha value is -1.55. The van der Waals surface area contributed by atoms with Crippen LogP contribution in [0.15, 0.2) is 36.5 Å². The number of hydrogen-bond acceptors (Lipinski definition) is 3. The largest absolute Gasteiger partial charge is 0.488 e. The predicted octanol–water partition coefficient (Wildman–Crippen LogP) is 3.67. The van der Waals surface area contributed by atoms with E-state index in [1.807, 2.05) is 18.2 Å². The predicted molar refractivity (Wildman–Crippen MR) is 81.7 cm³/mol. The Kier molecular flexibility index (Phi) is 3.92. The summed E-state index contributed by atoms with van der Waals surface area (Å²) >= 11 is 3.37. The molecule has 3 rings (SSSR count). The molecule has 1 aliphatic heterocycles. The van der Waals surface area contributed by atoms with Crippen LogP contribution in [0.4, 0.5) is 0 Å². The lowest BCUT2D eigenvalue weighted by molar-refractivity contribution is 0.148. The molecule has 0 spiro atoms. The van der Waals surface area contributed by atoms with Crippen molar-refractivity contribution in [3.8, 4) is 11.5 Å². The highest BCUT2D eigenvalue weighted by Crippen LogP contribution is 2.29. The number of halogens is 1. The zero-order valence-electron chi connectivity index (χ0n) is 11.3. The van der Waals surface area contributed by atoms with Gasteiger partial charge in [-0.25, -0.2) is 0 Å². The highest BCUT2D eigenvalue weighted by Gasteiger charge is 2.23. The quantitative estimate of drug-likeness (QED) is 0.800. The van der Waals surface area contributed by atoms with Crippen molar-refractivity contribution >= 4 is 15.9 Å². The first kappa shape index (κ1) is 13.4. The van der Waals surface area contributed by atoms with Gasteiger partial charge in [0.1, 0.15) is 24.2 Å². The Morgan fingerprint density at radius 1 is 1.35 bits per heavy atom. The molecule has 1 aromatic heterocycles. The van der Waals surface area contributed by atoms with E-state index in [0.717, 1.165) is 28.9 Å². The molecule has 0 bridgehead atoms. The number of hydrogen-bond donors (Lipinski definition) is 0. The molecule has 1 unspecified atom stereocenters. The molecular weight excluding hydrogens is 318 g/mol. The van der Waals surface area contributed by atoms with Crippen molar-refractivity contribution in [1.82, 2.24) is 4.98 Å². The number of aromatic nitrogens is 1. The summed E-state index contributed by atoms with van der Waals surface area (Å²) in [5, 5.41) is 0.758. The number of ether oxygens (including phenoxy) is 2. The number of rotatable bonds is 4. The van der Waals surface area contributed by atoms with Gasteiger partial charge >= 0.3 is 0 Å². The van der Waals surface area contributed by atoms with E-state index in [9.17, 15) is 0 Å². The normalized spacial score (nSPS) is 16.6. The molecule has 0 radical (unpaired) electrons. The number of fused-ring (bicyclic) bond motifs is 1. The fourth-order valence-electron chi connectivity index (χ4n) is 2.31. The molecule has 1 aromatic carbocycles. The minimum absolute atomic E-state index is 0.0858. The Morgan fingerprint density at radius 3 is 3.00 bits per heavy atom. The van der Waals surface area contributed by atoms with Crippen molar-refractivity contribution in [3.05, 3.63) is 53.3 Å². The second-order valence-electron chi connectivity index (χ2n) is 4.99. The van der Waals surface area contributed by atoms with Gasteiger partial charge in [-0.15, -0.1) is 0 Å². The fraction of sp³-hybridized carbons (Fsp3) is 0.312. The van der Waals surface area contributed by atoms with E-state index in [1.165, 1.54) is 11.1 Å². The van der Waals surface area contributed by atoms with E-state index in [1.54, 1.807) is 6.20 Å². The average molecular weight is 334 g/mol. The summed E-state index contributed by atoms with van der Waals surface area (Å²) in [6, 6.07) is 10.2. The summed E-state index contributed by atoms with van der Waals surface area (Å²) in [6.45, 7) is 2.64. The van der Waals surface area contributed by atoms with Crippen molar-refractivity contribution in [2.24, 2.45) is 0 Å². The monoisotopic (exact) mass is 333 g/mol. The van der Waals surface area contributed by atoms with Crippen LogP contribution in [0.5, 0.6) is 11.5 Å². The smallest absolute Gasteiger partial charge is 0.137 e. The highest BCUT2D eigenvalue weighted by atomic mass is 79.9. The van der Waals surface area contributed by atoms with E-state index >= 15 is 0 Å². The number of aryl methyl sites for hydroxylation is 1. The minimum Gasteiger partial charge on any atom is -0.488 e. The lowest BCUT2D eigenvalue weighted by atomic mass is 10.1. The van der Waals surface area contributed by atoms with Crippen molar-refractivity contribution in [3.63, 3.8) is 0 Å². The van der Waals surface area contributed by atoms with Gasteiger partial charge in [-0.3, -0.25) is 4.98 Å². The number of benzene rings is 1. The van der Waals surface area contributed by atoms with Crippen LogP contribution >= 0.6 is 15.9 Å². The number of nitrogens with zero attached hydrogens (tertiary/aromatic N) is 1. The van der Waals surface area contributed by atoms with Crippen LogP contribution in [0.2, 0.25) is 0 Å². The topological polar surface area (TPSA) is 31.4 Å². The van der Waals surface area contributed by atoms with Gasteiger partial charge in [-0.2, -0.15) is 0 Å². The molecule has 2 aromatic rings. The van der Waals surface area contributed by atoms with Crippen LogP contribution in [0, 0.1) is 6.92 Å². The zero-order chi connectivity index (χ0) is 13.9. The summed E-state index contributed by atoms with van der Waals surface area (Å²) in [7, 11) is 0. The molecule has 0 saturated carbocycles. The van der Waals surface area contributed by atoms with Gasteiger partial charge in [-0.05, 0) is 30.7 Å². The van der Waals surface area contributed by atoms with Gasteiger partial charge in [0.25, 0.3) is 0 Å². The molecule has 0 aliphatic carbocycles. The van der Waals surface area contributed by atoms with Gasteiger partial charge < -0.3 is 9.47 Å². The summed E-state index contributed by atoms with van der Waals surface area (Å²) < 4.78 is 11.6. The van der Waals surface area contributed by atoms with Crippen LogP contribution < -0.4 is 9.47 Å². The van der Waals surface area contributed by atoms with Gasteiger partial charge in [0, 0.05) is 11.8 Å². The summed E-state index contributed by atoms with van der Waals surface area (Å²) in [5.41, 5.74) is 3.53. The molecule has 20 heavy (non-hydrogen) atoms. The third kappa shape index (κ3) is 2.96. The molecule has 1 aliphatic rings. The minimum atomic E-state index is 0.0858. The second kappa shape index (κ2) is 5.83. The lowest BCUT2D eigenvalue weighted by Crippen LogP contribution is -2.22. The first-order valence-electron chi connectivity index (χ1n) is 6.64. The van der Waals surface area contributed by atoms with Crippen molar-refractivity contribution in [2.75, 3.05) is 6.61 Å². The molecule has 1 atom stereocenters. The Bertz CT molecular complexity index is 598. The van der Waals surface area contributed by atoms with Crippen molar-refractivity contribution in [2.45, 2.75) is 24.8 Å². The standard InChI is InChI=1S/C16H16BrNO2/c1-11-2-5-16-12(6-11)7-15(20-16)10-19-14-4-3-13(8-17)18-9-14/h2-6,9,15H,7-8,10H2,1H3. The highest BCUT2D eigenvalue weighted by molar-refractivity contribution is 9.08. The number of alkyl halides is 1. The molecule has 0 amide bonds. The molecule has 0 saturated heterocycles. The Labute approximate surface area is 127 Å². The zero-order valence-corrected chi connectivity index (χ0v) is 12.9. The molecular formula is C16H16BrNO2. The fourth-order valence-corrected chi connectivity index (χ4v) is 2.64. The maximum atomic E-state index is 5.88. The van der Waals surface area contributed by atoms with E-state index in [0.29, 0.717) is 6.61 Å². The average Bonchev–Trinajstić information content (AvgIpc) is 2.87. The SMILES string of the molecule is Cc1ccc2c(c1)CC(COc1ccc(CBr)nc1)O2. The Balaban J connectivity index is 1.58. The van der Waals surface area contributed by atoms with Gasteiger partial charge in [-0.1, -0.05) is 33.6 Å². The van der Waals surface area contributed by atoms with Crippen LogP contribution in [-0.4, -0.2) is 17.7 Å². The summed E-state index contributed by atoms with van der Waals surface area (Å²) in [5.74, 6) is 1.77. The molecule has 0 fully saturated rings. The van der Waals surface area contributed by atoms with E-state index in [2.05, 4.69) is 40.0 Å². The molecule has 4 heteroatoms. The lowest BCUT2D eigenvalue weighted by Gasteiger charge is -2.12. The van der Waals surface area contributed by atoms with E-state index in [4.69, 9.17) is 9.47 Å². The third-order valence-corrected chi connectivity index (χ3v) is 3.90. The van der Waals surface area contributed by atoms with Crippen molar-refractivity contribution < 1.29 is 9.47 Å². The molecule has 2 heterocycles. The first-order chi connectivity index (χ1) is 9.74. The van der Waals surface area contributed by atoms with Gasteiger partial charge in [0.15, 0.2) is 0 Å². The van der Waals surface area contributed by atoms with Crippen LogP contribution in [0.25, 0.3) is 0 Å². The van der Waals surface area contributed by atoms with E-state index < -0.39 is 0 Å². The van der Waals surface area contributed by atoms with Gasteiger partial charge in [0.05, 0.1) is 11.9 Å². The molecule has 104 valence electrons. The summed E-state index contributed by atoms with van der Waals surface area (Å²) in [4.78, 5) is 4.28. The third-order valence-electron chi connectivity index (χ3n) is 3.33. The van der Waals surface area contributed by atoms with Gasteiger partial charge in [0.2, 0.25) is 0 Å². The molecule has 0 N–H and O–H groups in total. The Morgan fingerprint density at radius 2 is 2.25 bits per heavy atom. The second-order valence-corrected chi connectivity index (χ2v) is 5.55. The first-order valence-corrected chi connectivity index (χ1v) is 7.76. The van der Waals surface area contributed by atoms with Crippen molar-refractivity contribution in [1.29, 1.82) is 0 Å². The summed E-state index contributed by atoms with van der Waals surface area (Å²) in [6.07, 6.45) is 2.75. The van der Waals surface area contributed by atoms with Crippen LogP contribution in [-0.2, 0) is 11.8 Å². The van der Waals surface area contributed by atoms with Crippen LogP contribution in [0.3, 0.4) is 0 Å². The maximum Gasteiger partial charge on any atom is 0.137 e. The molecule has 3 nitrogen and oxygen atoms in total. The van der Waals surface area contributed by atoms with Crippen LogP contribution in [0.1, 0.15) is 16.8 Å².